The zero-order valence-corrected chi connectivity index (χ0v) is 17.3. The second-order valence-corrected chi connectivity index (χ2v) is 6.60. The Labute approximate surface area is 178 Å². The van der Waals surface area contributed by atoms with Crippen molar-refractivity contribution < 1.29 is 37.0 Å². The molecule has 168 valence electrons. The van der Waals surface area contributed by atoms with Gasteiger partial charge in [0.05, 0.1) is 25.0 Å². The fraction of sp³-hybridized carbons (Fsp3) is 0.364. The molecule has 0 aliphatic carbocycles. The fourth-order valence-electron chi connectivity index (χ4n) is 2.71. The Hall–Kier alpha value is -3.07. The molecule has 0 bridgehead atoms. The average molecular weight is 439 g/mol. The Morgan fingerprint density at radius 1 is 0.968 bits per heavy atom. The van der Waals surface area contributed by atoms with Crippen LogP contribution in [0.3, 0.4) is 0 Å². The van der Waals surface area contributed by atoms with Gasteiger partial charge < -0.3 is 19.5 Å². The molecule has 2 rings (SSSR count). The van der Waals surface area contributed by atoms with Crippen LogP contribution in [0.15, 0.2) is 42.5 Å². The normalized spacial score (nSPS) is 11.1. The van der Waals surface area contributed by atoms with E-state index in [9.17, 15) is 22.8 Å². The van der Waals surface area contributed by atoms with E-state index >= 15 is 0 Å². The molecule has 0 atom stereocenters. The minimum atomic E-state index is -4.56. The number of carbonyl (C=O) groups is 2. The standard InChI is InChI=1S/C22H24F3NO5/c1-29-12-13-31-20-11-8-16(22(23,24)25)14-18(20)26-21(28)5-3-4-19(27)15-6-9-17(30-2)10-7-15/h6-11,14H,3-5,12-13H2,1-2H3,(H,26,28). The topological polar surface area (TPSA) is 73.9 Å². The van der Waals surface area contributed by atoms with Crippen LogP contribution in [0.2, 0.25) is 0 Å². The number of ketones is 1. The maximum Gasteiger partial charge on any atom is 0.416 e. The number of anilines is 1. The summed E-state index contributed by atoms with van der Waals surface area (Å²) in [5.74, 6) is 0.0739. The van der Waals surface area contributed by atoms with Crippen LogP contribution in [-0.4, -0.2) is 39.1 Å². The summed E-state index contributed by atoms with van der Waals surface area (Å²) < 4.78 is 54.4. The summed E-state index contributed by atoms with van der Waals surface area (Å²) in [6.45, 7) is 0.350. The fourth-order valence-corrected chi connectivity index (χ4v) is 2.71. The van der Waals surface area contributed by atoms with Gasteiger partial charge in [-0.25, -0.2) is 0 Å². The number of Topliss-reactive ketones (excluding diaryl/α,β-unsaturated/α-hetero) is 1. The number of nitrogens with one attached hydrogen (secondary N) is 1. The Kier molecular flexibility index (Phi) is 8.87. The lowest BCUT2D eigenvalue weighted by Gasteiger charge is -2.15. The highest BCUT2D eigenvalue weighted by molar-refractivity contribution is 5.97. The molecule has 0 spiro atoms. The summed E-state index contributed by atoms with van der Waals surface area (Å²) in [6.07, 6.45) is -4.22. The van der Waals surface area contributed by atoms with Gasteiger partial charge in [0.2, 0.25) is 5.91 Å². The third kappa shape index (κ3) is 7.60. The number of amides is 1. The summed E-state index contributed by atoms with van der Waals surface area (Å²) in [4.78, 5) is 24.5. The van der Waals surface area contributed by atoms with Gasteiger partial charge in [-0.3, -0.25) is 9.59 Å². The van der Waals surface area contributed by atoms with Crippen molar-refractivity contribution in [2.75, 3.05) is 32.8 Å². The van der Waals surface area contributed by atoms with Crippen LogP contribution in [0.4, 0.5) is 18.9 Å². The maximum absolute atomic E-state index is 13.0. The Bertz CT molecular complexity index is 882. The summed E-state index contributed by atoms with van der Waals surface area (Å²) in [5.41, 5.74) is -0.498. The Morgan fingerprint density at radius 2 is 1.68 bits per heavy atom. The van der Waals surface area contributed by atoms with Gasteiger partial charge in [-0.15, -0.1) is 0 Å². The van der Waals surface area contributed by atoms with Crippen LogP contribution < -0.4 is 14.8 Å². The third-order valence-electron chi connectivity index (χ3n) is 4.35. The maximum atomic E-state index is 13.0. The number of carbonyl (C=O) groups excluding carboxylic acids is 2. The first kappa shape index (κ1) is 24.2. The Balaban J connectivity index is 1.96. The molecule has 0 saturated carbocycles. The quantitative estimate of drug-likeness (QED) is 0.405. The molecule has 0 aliphatic rings. The SMILES string of the molecule is COCCOc1ccc(C(F)(F)F)cc1NC(=O)CCCC(=O)c1ccc(OC)cc1. The highest BCUT2D eigenvalue weighted by Gasteiger charge is 2.31. The van der Waals surface area contributed by atoms with Gasteiger partial charge in [-0.05, 0) is 48.9 Å². The van der Waals surface area contributed by atoms with E-state index in [1.165, 1.54) is 14.2 Å². The average Bonchev–Trinajstić information content (AvgIpc) is 2.74. The lowest BCUT2D eigenvalue weighted by Crippen LogP contribution is -2.15. The molecule has 0 saturated heterocycles. The molecule has 0 radical (unpaired) electrons. The smallest absolute Gasteiger partial charge is 0.416 e. The molecule has 2 aromatic rings. The van der Waals surface area contributed by atoms with Crippen LogP contribution in [-0.2, 0) is 15.7 Å². The first-order chi connectivity index (χ1) is 14.7. The van der Waals surface area contributed by atoms with E-state index in [-0.39, 0.29) is 49.7 Å². The number of alkyl halides is 3. The van der Waals surface area contributed by atoms with Crippen molar-refractivity contribution >= 4 is 17.4 Å². The number of benzene rings is 2. The van der Waals surface area contributed by atoms with Crippen molar-refractivity contribution in [3.8, 4) is 11.5 Å². The van der Waals surface area contributed by atoms with Gasteiger partial charge in [0, 0.05) is 25.5 Å². The molecular formula is C22H24F3NO5. The molecule has 1 amide bonds. The minimum Gasteiger partial charge on any atom is -0.497 e. The highest BCUT2D eigenvalue weighted by atomic mass is 19.4. The predicted molar refractivity (Wildman–Crippen MR) is 109 cm³/mol. The van der Waals surface area contributed by atoms with E-state index in [0.29, 0.717) is 11.3 Å². The number of methoxy groups -OCH3 is 2. The molecule has 2 aromatic carbocycles. The third-order valence-corrected chi connectivity index (χ3v) is 4.35. The van der Waals surface area contributed by atoms with E-state index in [4.69, 9.17) is 14.2 Å². The lowest BCUT2D eigenvalue weighted by atomic mass is 10.1. The van der Waals surface area contributed by atoms with E-state index in [1.807, 2.05) is 0 Å². The number of halogens is 3. The van der Waals surface area contributed by atoms with Gasteiger partial charge in [0.25, 0.3) is 0 Å². The van der Waals surface area contributed by atoms with Gasteiger partial charge in [0.1, 0.15) is 18.1 Å². The summed E-state index contributed by atoms with van der Waals surface area (Å²) >= 11 is 0. The monoisotopic (exact) mass is 439 g/mol. The second-order valence-electron chi connectivity index (χ2n) is 6.60. The van der Waals surface area contributed by atoms with Crippen molar-refractivity contribution in [2.45, 2.75) is 25.4 Å². The van der Waals surface area contributed by atoms with Crippen LogP contribution in [0.5, 0.6) is 11.5 Å². The molecule has 0 heterocycles. The zero-order valence-electron chi connectivity index (χ0n) is 17.3. The number of hydrogen-bond acceptors (Lipinski definition) is 5. The van der Waals surface area contributed by atoms with Crippen LogP contribution in [0, 0.1) is 0 Å². The minimum absolute atomic E-state index is 0.0321. The van der Waals surface area contributed by atoms with Gasteiger partial charge >= 0.3 is 6.18 Å². The second kappa shape index (κ2) is 11.4. The number of hydrogen-bond donors (Lipinski definition) is 1. The van der Waals surface area contributed by atoms with Crippen LogP contribution >= 0.6 is 0 Å². The molecule has 0 unspecified atom stereocenters. The van der Waals surface area contributed by atoms with Crippen molar-refractivity contribution in [3.05, 3.63) is 53.6 Å². The van der Waals surface area contributed by atoms with E-state index in [2.05, 4.69) is 5.32 Å². The van der Waals surface area contributed by atoms with Crippen molar-refractivity contribution in [3.63, 3.8) is 0 Å². The lowest BCUT2D eigenvalue weighted by molar-refractivity contribution is -0.137. The Morgan fingerprint density at radius 3 is 2.29 bits per heavy atom. The molecule has 1 N–H and O–H groups in total. The molecule has 9 heteroatoms. The first-order valence-electron chi connectivity index (χ1n) is 9.54. The van der Waals surface area contributed by atoms with Crippen molar-refractivity contribution in [1.82, 2.24) is 0 Å². The van der Waals surface area contributed by atoms with E-state index in [1.54, 1.807) is 24.3 Å². The van der Waals surface area contributed by atoms with Crippen LogP contribution in [0.1, 0.15) is 35.2 Å². The van der Waals surface area contributed by atoms with E-state index in [0.717, 1.165) is 18.2 Å². The molecular weight excluding hydrogens is 415 g/mol. The van der Waals surface area contributed by atoms with Gasteiger partial charge in [-0.2, -0.15) is 13.2 Å². The van der Waals surface area contributed by atoms with Gasteiger partial charge in [-0.1, -0.05) is 0 Å². The molecule has 0 fully saturated rings. The van der Waals surface area contributed by atoms with Gasteiger partial charge in [0.15, 0.2) is 5.78 Å². The van der Waals surface area contributed by atoms with Crippen LogP contribution in [0.25, 0.3) is 0 Å². The van der Waals surface area contributed by atoms with Crippen molar-refractivity contribution in [1.29, 1.82) is 0 Å². The summed E-state index contributed by atoms with van der Waals surface area (Å²) in [7, 11) is 2.99. The summed E-state index contributed by atoms with van der Waals surface area (Å²) in [6, 6.07) is 9.45. The number of ether oxygens (including phenoxy) is 3. The zero-order chi connectivity index (χ0) is 22.9. The summed E-state index contributed by atoms with van der Waals surface area (Å²) in [5, 5.41) is 2.45. The predicted octanol–water partition coefficient (Wildman–Crippen LogP) is 4.73. The van der Waals surface area contributed by atoms with E-state index < -0.39 is 17.6 Å². The molecule has 0 aliphatic heterocycles. The molecule has 31 heavy (non-hydrogen) atoms. The van der Waals surface area contributed by atoms with Crippen molar-refractivity contribution in [2.24, 2.45) is 0 Å². The number of rotatable bonds is 11. The highest BCUT2D eigenvalue weighted by Crippen LogP contribution is 2.35. The molecule has 6 nitrogen and oxygen atoms in total. The largest absolute Gasteiger partial charge is 0.497 e. The first-order valence-corrected chi connectivity index (χ1v) is 9.54. The molecule has 0 aromatic heterocycles.